The Morgan fingerprint density at radius 2 is 2.04 bits per heavy atom. The zero-order chi connectivity index (χ0) is 18.5. The van der Waals surface area contributed by atoms with Crippen molar-refractivity contribution >= 4 is 16.9 Å². The van der Waals surface area contributed by atoms with Gasteiger partial charge in [-0.05, 0) is 37.1 Å². The topological polar surface area (TPSA) is 73.2 Å². The lowest BCUT2D eigenvalue weighted by Gasteiger charge is -2.12. The summed E-state index contributed by atoms with van der Waals surface area (Å²) in [6.45, 7) is 2.45. The van der Waals surface area contributed by atoms with E-state index >= 15 is 0 Å². The molecule has 0 spiro atoms. The molecule has 1 aromatic heterocycles. The first kappa shape index (κ1) is 17.7. The number of aromatic nitrogens is 2. The molecule has 0 aliphatic rings. The number of nitrogens with zero attached hydrogens (tertiary/aromatic N) is 2. The number of benzene rings is 2. The van der Waals surface area contributed by atoms with E-state index < -0.39 is 0 Å². The van der Waals surface area contributed by atoms with Gasteiger partial charge in [0.05, 0.1) is 24.3 Å². The van der Waals surface area contributed by atoms with E-state index in [1.54, 1.807) is 13.2 Å². The molecule has 0 fully saturated rings. The van der Waals surface area contributed by atoms with Gasteiger partial charge < -0.3 is 10.1 Å². The van der Waals surface area contributed by atoms with Crippen molar-refractivity contribution in [1.29, 1.82) is 0 Å². The largest absolute Gasteiger partial charge is 0.496 e. The molecule has 6 nitrogen and oxygen atoms in total. The van der Waals surface area contributed by atoms with Gasteiger partial charge in [0, 0.05) is 6.54 Å². The molecule has 1 amide bonds. The first-order chi connectivity index (χ1) is 12.6. The van der Waals surface area contributed by atoms with Gasteiger partial charge in [0.1, 0.15) is 12.3 Å². The van der Waals surface area contributed by atoms with Crippen molar-refractivity contribution in [3.63, 3.8) is 0 Å². The summed E-state index contributed by atoms with van der Waals surface area (Å²) in [6.07, 6.45) is 1.90. The van der Waals surface area contributed by atoms with Gasteiger partial charge in [0.15, 0.2) is 0 Å². The van der Waals surface area contributed by atoms with Crippen LogP contribution in [-0.4, -0.2) is 29.1 Å². The number of carbonyl (C=O) groups is 1. The Hall–Kier alpha value is -3.15. The number of ether oxygens (including phenoxy) is 1. The lowest BCUT2D eigenvalue weighted by Crippen LogP contribution is -2.33. The number of hydrogen-bond acceptors (Lipinski definition) is 4. The molecule has 26 heavy (non-hydrogen) atoms. The molecule has 2 aromatic carbocycles. The molecule has 0 aliphatic carbocycles. The highest BCUT2D eigenvalue weighted by atomic mass is 16.5. The van der Waals surface area contributed by atoms with E-state index in [0.717, 1.165) is 16.9 Å². The average molecular weight is 351 g/mol. The molecule has 0 bridgehead atoms. The Balaban J connectivity index is 1.66. The summed E-state index contributed by atoms with van der Waals surface area (Å²) in [5, 5.41) is 2.87. The maximum Gasteiger partial charge on any atom is 0.269 e. The zero-order valence-corrected chi connectivity index (χ0v) is 14.9. The van der Waals surface area contributed by atoms with Crippen molar-refractivity contribution in [2.24, 2.45) is 0 Å². The Labute approximate surface area is 151 Å². The van der Waals surface area contributed by atoms with Gasteiger partial charge in [-0.3, -0.25) is 14.2 Å². The number of carbonyl (C=O) groups excluding carboxylic acids is 1. The predicted molar refractivity (Wildman–Crippen MR) is 100 cm³/mol. The summed E-state index contributed by atoms with van der Waals surface area (Å²) in [6, 6.07) is 13.2. The maximum absolute atomic E-state index is 12.3. The monoisotopic (exact) mass is 351 g/mol. The average Bonchev–Trinajstić information content (AvgIpc) is 2.64. The maximum atomic E-state index is 12.3. The number of fused-ring (bicyclic) bond motifs is 1. The molecule has 1 heterocycles. The fourth-order valence-electron chi connectivity index (χ4n) is 2.92. The van der Waals surface area contributed by atoms with Crippen LogP contribution in [0, 0.1) is 6.92 Å². The van der Waals surface area contributed by atoms with E-state index in [0.29, 0.717) is 24.0 Å². The zero-order valence-electron chi connectivity index (χ0n) is 14.9. The fourth-order valence-corrected chi connectivity index (χ4v) is 2.92. The van der Waals surface area contributed by atoms with Crippen molar-refractivity contribution in [1.82, 2.24) is 14.9 Å². The molecule has 0 radical (unpaired) electrons. The lowest BCUT2D eigenvalue weighted by molar-refractivity contribution is -0.121. The van der Waals surface area contributed by atoms with E-state index in [9.17, 15) is 9.59 Å². The molecule has 0 unspecified atom stereocenters. The summed E-state index contributed by atoms with van der Waals surface area (Å²) in [7, 11) is 1.63. The molecule has 0 atom stereocenters. The normalized spacial score (nSPS) is 10.7. The number of amides is 1. The van der Waals surface area contributed by atoms with Gasteiger partial charge in [-0.1, -0.05) is 29.8 Å². The van der Waals surface area contributed by atoms with Crippen LogP contribution in [0.1, 0.15) is 11.1 Å². The number of aryl methyl sites for hydroxylation is 1. The van der Waals surface area contributed by atoms with Crippen LogP contribution in [0.4, 0.5) is 0 Å². The predicted octanol–water partition coefficient (Wildman–Crippen LogP) is 2.07. The van der Waals surface area contributed by atoms with Crippen LogP contribution < -0.4 is 15.6 Å². The second-order valence-electron chi connectivity index (χ2n) is 6.09. The Bertz CT molecular complexity index is 995. The summed E-state index contributed by atoms with van der Waals surface area (Å²) < 4.78 is 6.79. The molecule has 3 rings (SSSR count). The molecule has 1 N–H and O–H groups in total. The minimum absolute atomic E-state index is 0.0349. The molecule has 0 aliphatic heterocycles. The quantitative estimate of drug-likeness (QED) is 0.738. The second-order valence-corrected chi connectivity index (χ2v) is 6.09. The van der Waals surface area contributed by atoms with Crippen molar-refractivity contribution in [2.75, 3.05) is 13.7 Å². The number of rotatable bonds is 6. The molecule has 0 saturated carbocycles. The third kappa shape index (κ3) is 3.91. The van der Waals surface area contributed by atoms with E-state index in [4.69, 9.17) is 4.74 Å². The van der Waals surface area contributed by atoms with E-state index in [2.05, 4.69) is 10.3 Å². The molecular weight excluding hydrogens is 330 g/mol. The van der Waals surface area contributed by atoms with Crippen molar-refractivity contribution in [3.05, 3.63) is 70.1 Å². The van der Waals surface area contributed by atoms with Gasteiger partial charge in [0.25, 0.3) is 5.56 Å². The fraction of sp³-hybridized carbons (Fsp3) is 0.250. The first-order valence-corrected chi connectivity index (χ1v) is 8.43. The van der Waals surface area contributed by atoms with E-state index in [-0.39, 0.29) is 18.0 Å². The van der Waals surface area contributed by atoms with E-state index in [1.165, 1.54) is 10.8 Å². The SMILES string of the molecule is COc1ccc(C)cc1CCNC(=O)Cn1c(=O)cnc2ccccc21. The second kappa shape index (κ2) is 7.82. The summed E-state index contributed by atoms with van der Waals surface area (Å²) in [5.74, 6) is 0.594. The van der Waals surface area contributed by atoms with Gasteiger partial charge >= 0.3 is 0 Å². The van der Waals surface area contributed by atoms with Crippen LogP contribution in [0.3, 0.4) is 0 Å². The molecule has 134 valence electrons. The van der Waals surface area contributed by atoms with Crippen LogP contribution in [0.5, 0.6) is 5.75 Å². The van der Waals surface area contributed by atoms with Crippen molar-refractivity contribution in [3.8, 4) is 5.75 Å². The standard InChI is InChI=1S/C20H21N3O3/c1-14-7-8-18(26-2)15(11-14)9-10-21-19(24)13-23-17-6-4-3-5-16(17)22-12-20(23)25/h3-8,11-12H,9-10,13H2,1-2H3,(H,21,24). The third-order valence-corrected chi connectivity index (χ3v) is 4.21. The third-order valence-electron chi connectivity index (χ3n) is 4.21. The molecular formula is C20H21N3O3. The first-order valence-electron chi connectivity index (χ1n) is 8.43. The Morgan fingerprint density at radius 1 is 1.23 bits per heavy atom. The van der Waals surface area contributed by atoms with Gasteiger partial charge in [-0.2, -0.15) is 0 Å². The molecule has 6 heteroatoms. The minimum Gasteiger partial charge on any atom is -0.496 e. The molecule has 0 saturated heterocycles. The van der Waals surface area contributed by atoms with Gasteiger partial charge in [-0.15, -0.1) is 0 Å². The number of methoxy groups -OCH3 is 1. The highest BCUT2D eigenvalue weighted by Gasteiger charge is 2.09. The van der Waals surface area contributed by atoms with E-state index in [1.807, 2.05) is 43.3 Å². The van der Waals surface area contributed by atoms with Crippen LogP contribution in [0.25, 0.3) is 11.0 Å². The number of nitrogens with one attached hydrogen (secondary N) is 1. The van der Waals surface area contributed by atoms with Crippen LogP contribution in [0.2, 0.25) is 0 Å². The number of hydrogen-bond donors (Lipinski definition) is 1. The molecule has 3 aromatic rings. The van der Waals surface area contributed by atoms with Crippen LogP contribution in [-0.2, 0) is 17.8 Å². The number of para-hydroxylation sites is 2. The van der Waals surface area contributed by atoms with Crippen molar-refractivity contribution < 1.29 is 9.53 Å². The highest BCUT2D eigenvalue weighted by molar-refractivity contribution is 5.79. The van der Waals surface area contributed by atoms with Crippen LogP contribution >= 0.6 is 0 Å². The Kier molecular flexibility index (Phi) is 5.31. The highest BCUT2D eigenvalue weighted by Crippen LogP contribution is 2.19. The lowest BCUT2D eigenvalue weighted by atomic mass is 10.1. The Morgan fingerprint density at radius 3 is 2.85 bits per heavy atom. The van der Waals surface area contributed by atoms with Crippen molar-refractivity contribution in [2.45, 2.75) is 19.9 Å². The summed E-state index contributed by atoms with van der Waals surface area (Å²) in [4.78, 5) is 28.5. The summed E-state index contributed by atoms with van der Waals surface area (Å²) >= 11 is 0. The smallest absolute Gasteiger partial charge is 0.269 e. The minimum atomic E-state index is -0.292. The van der Waals surface area contributed by atoms with Gasteiger partial charge in [-0.25, -0.2) is 4.98 Å². The summed E-state index contributed by atoms with van der Waals surface area (Å²) in [5.41, 5.74) is 3.22. The van der Waals surface area contributed by atoms with Gasteiger partial charge in [0.2, 0.25) is 5.91 Å². The van der Waals surface area contributed by atoms with Crippen LogP contribution in [0.15, 0.2) is 53.5 Å².